The Morgan fingerprint density at radius 2 is 1.79 bits per heavy atom. The highest BCUT2D eigenvalue weighted by molar-refractivity contribution is 6.76. The summed E-state index contributed by atoms with van der Waals surface area (Å²) < 4.78 is 4.97. The predicted molar refractivity (Wildman–Crippen MR) is 59.0 cm³/mol. The molecule has 4 heteroatoms. The van der Waals surface area contributed by atoms with Gasteiger partial charge in [0.2, 0.25) is 0 Å². The SMILES string of the molecule is CCC(=O)CC(=O)OCC[Si](C)(C)C. The van der Waals surface area contributed by atoms with E-state index in [0.29, 0.717) is 13.0 Å². The Morgan fingerprint density at radius 1 is 1.21 bits per heavy atom. The Bertz CT molecular complexity index is 206. The molecule has 0 radical (unpaired) electrons. The van der Waals surface area contributed by atoms with E-state index in [9.17, 15) is 9.59 Å². The summed E-state index contributed by atoms with van der Waals surface area (Å²) in [5.74, 6) is -0.432. The van der Waals surface area contributed by atoms with Crippen molar-refractivity contribution < 1.29 is 14.3 Å². The van der Waals surface area contributed by atoms with Gasteiger partial charge in [-0.15, -0.1) is 0 Å². The second-order valence-electron chi connectivity index (χ2n) is 4.60. The summed E-state index contributed by atoms with van der Waals surface area (Å²) in [6.45, 7) is 8.87. The molecule has 0 spiro atoms. The topological polar surface area (TPSA) is 43.4 Å². The van der Waals surface area contributed by atoms with E-state index >= 15 is 0 Å². The van der Waals surface area contributed by atoms with Crippen LogP contribution in [0.15, 0.2) is 0 Å². The first kappa shape index (κ1) is 13.4. The first-order valence-corrected chi connectivity index (χ1v) is 8.73. The van der Waals surface area contributed by atoms with Gasteiger partial charge in [0.1, 0.15) is 12.2 Å². The summed E-state index contributed by atoms with van der Waals surface area (Å²) in [6, 6.07) is 0.957. The molecule has 0 saturated carbocycles. The van der Waals surface area contributed by atoms with E-state index < -0.39 is 8.07 Å². The van der Waals surface area contributed by atoms with Gasteiger partial charge >= 0.3 is 5.97 Å². The van der Waals surface area contributed by atoms with Crippen LogP contribution in [0.25, 0.3) is 0 Å². The molecule has 0 N–H and O–H groups in total. The molecule has 0 unspecified atom stereocenters. The molecule has 0 saturated heterocycles. The third-order valence-corrected chi connectivity index (χ3v) is 3.56. The number of Topliss-reactive ketones (excluding diaryl/α,β-unsaturated/α-hetero) is 1. The van der Waals surface area contributed by atoms with E-state index in [2.05, 4.69) is 19.6 Å². The molecule has 0 aromatic heterocycles. The molecule has 0 aliphatic rings. The number of ether oxygens (including phenoxy) is 1. The van der Waals surface area contributed by atoms with Gasteiger partial charge < -0.3 is 4.74 Å². The van der Waals surface area contributed by atoms with Crippen LogP contribution >= 0.6 is 0 Å². The number of hydrogen-bond donors (Lipinski definition) is 0. The summed E-state index contributed by atoms with van der Waals surface area (Å²) in [4.78, 5) is 22.0. The summed E-state index contributed by atoms with van der Waals surface area (Å²) in [5, 5.41) is 0. The average Bonchev–Trinajstić information content (AvgIpc) is 2.01. The molecule has 0 bridgehead atoms. The van der Waals surface area contributed by atoms with Crippen LogP contribution < -0.4 is 0 Å². The predicted octanol–water partition coefficient (Wildman–Crippen LogP) is 2.24. The number of ketones is 1. The summed E-state index contributed by atoms with van der Waals surface area (Å²) in [5.41, 5.74) is 0. The monoisotopic (exact) mass is 216 g/mol. The van der Waals surface area contributed by atoms with Gasteiger partial charge in [0.05, 0.1) is 6.61 Å². The zero-order valence-corrected chi connectivity index (χ0v) is 10.6. The van der Waals surface area contributed by atoms with E-state index in [-0.39, 0.29) is 18.2 Å². The van der Waals surface area contributed by atoms with Crippen LogP contribution in [0, 0.1) is 0 Å². The number of esters is 1. The highest BCUT2D eigenvalue weighted by Gasteiger charge is 2.14. The third-order valence-electron chi connectivity index (χ3n) is 1.85. The molecule has 82 valence electrons. The average molecular weight is 216 g/mol. The normalized spacial score (nSPS) is 11.1. The van der Waals surface area contributed by atoms with Crippen molar-refractivity contribution in [3.8, 4) is 0 Å². The molecule has 0 fully saturated rings. The fourth-order valence-corrected chi connectivity index (χ4v) is 1.52. The van der Waals surface area contributed by atoms with Crippen LogP contribution in [0.4, 0.5) is 0 Å². The maximum atomic E-state index is 11.1. The summed E-state index contributed by atoms with van der Waals surface area (Å²) in [7, 11) is -1.13. The first-order valence-electron chi connectivity index (χ1n) is 5.02. The molecule has 3 nitrogen and oxygen atoms in total. The van der Waals surface area contributed by atoms with Crippen molar-refractivity contribution in [3.05, 3.63) is 0 Å². The lowest BCUT2D eigenvalue weighted by Gasteiger charge is -2.14. The van der Waals surface area contributed by atoms with Gasteiger partial charge in [-0.2, -0.15) is 0 Å². The summed E-state index contributed by atoms with van der Waals surface area (Å²) in [6.07, 6.45) is 0.339. The largest absolute Gasteiger partial charge is 0.466 e. The van der Waals surface area contributed by atoms with Gasteiger partial charge in [-0.1, -0.05) is 26.6 Å². The standard InChI is InChI=1S/C10H20O3Si/c1-5-9(11)8-10(12)13-6-7-14(2,3)4/h5-8H2,1-4H3. The zero-order valence-electron chi connectivity index (χ0n) is 9.55. The second-order valence-corrected chi connectivity index (χ2v) is 10.2. The lowest BCUT2D eigenvalue weighted by molar-refractivity contribution is -0.145. The Kier molecular flexibility index (Phi) is 5.68. The van der Waals surface area contributed by atoms with Gasteiger partial charge in [0.25, 0.3) is 0 Å². The van der Waals surface area contributed by atoms with E-state index in [1.165, 1.54) is 0 Å². The van der Waals surface area contributed by atoms with Crippen molar-refractivity contribution in [2.75, 3.05) is 6.61 Å². The molecule has 0 rings (SSSR count). The molecule has 0 aromatic rings. The second kappa shape index (κ2) is 5.96. The van der Waals surface area contributed by atoms with Crippen molar-refractivity contribution in [3.63, 3.8) is 0 Å². The minimum absolute atomic E-state index is 0.0528. The lowest BCUT2D eigenvalue weighted by Crippen LogP contribution is -2.23. The maximum absolute atomic E-state index is 11.1. The van der Waals surface area contributed by atoms with Gasteiger partial charge in [0.15, 0.2) is 0 Å². The van der Waals surface area contributed by atoms with Gasteiger partial charge in [-0.25, -0.2) is 0 Å². The van der Waals surface area contributed by atoms with Gasteiger partial charge in [-0.05, 0) is 6.04 Å². The van der Waals surface area contributed by atoms with Crippen molar-refractivity contribution in [2.24, 2.45) is 0 Å². The van der Waals surface area contributed by atoms with Crippen molar-refractivity contribution in [2.45, 2.75) is 45.5 Å². The summed E-state index contributed by atoms with van der Waals surface area (Å²) >= 11 is 0. The van der Waals surface area contributed by atoms with Crippen molar-refractivity contribution in [1.29, 1.82) is 0 Å². The van der Waals surface area contributed by atoms with Crippen LogP contribution in [0.2, 0.25) is 25.7 Å². The highest BCUT2D eigenvalue weighted by atomic mass is 28.3. The fraction of sp³-hybridized carbons (Fsp3) is 0.800. The third kappa shape index (κ3) is 7.98. The number of rotatable bonds is 6. The fourth-order valence-electron chi connectivity index (χ4n) is 0.808. The zero-order chi connectivity index (χ0) is 11.2. The Hall–Kier alpha value is -0.643. The Morgan fingerprint density at radius 3 is 2.21 bits per heavy atom. The quantitative estimate of drug-likeness (QED) is 0.388. The number of hydrogen-bond acceptors (Lipinski definition) is 3. The van der Waals surface area contributed by atoms with E-state index in [4.69, 9.17) is 4.74 Å². The molecular formula is C10H20O3Si. The molecule has 14 heavy (non-hydrogen) atoms. The Labute approximate surface area is 86.8 Å². The molecule has 0 aliphatic carbocycles. The van der Waals surface area contributed by atoms with Crippen LogP contribution in [-0.2, 0) is 14.3 Å². The Balaban J connectivity index is 3.60. The number of carbonyl (C=O) groups is 2. The van der Waals surface area contributed by atoms with Gasteiger partial charge in [-0.3, -0.25) is 9.59 Å². The van der Waals surface area contributed by atoms with E-state index in [1.807, 2.05) is 0 Å². The lowest BCUT2D eigenvalue weighted by atomic mass is 10.2. The minimum Gasteiger partial charge on any atom is -0.466 e. The maximum Gasteiger partial charge on any atom is 0.313 e. The molecular weight excluding hydrogens is 196 g/mol. The van der Waals surface area contributed by atoms with Crippen molar-refractivity contribution in [1.82, 2.24) is 0 Å². The van der Waals surface area contributed by atoms with Crippen LogP contribution in [0.1, 0.15) is 19.8 Å². The van der Waals surface area contributed by atoms with E-state index in [1.54, 1.807) is 6.92 Å². The van der Waals surface area contributed by atoms with Crippen LogP contribution in [0.5, 0.6) is 0 Å². The van der Waals surface area contributed by atoms with Crippen LogP contribution in [-0.4, -0.2) is 26.4 Å². The number of carbonyl (C=O) groups excluding carboxylic acids is 2. The highest BCUT2D eigenvalue weighted by Crippen LogP contribution is 2.07. The van der Waals surface area contributed by atoms with Gasteiger partial charge in [0, 0.05) is 14.5 Å². The molecule has 0 atom stereocenters. The first-order chi connectivity index (χ1) is 6.35. The van der Waals surface area contributed by atoms with E-state index in [0.717, 1.165) is 6.04 Å². The minimum atomic E-state index is -1.13. The van der Waals surface area contributed by atoms with Crippen molar-refractivity contribution >= 4 is 19.8 Å². The van der Waals surface area contributed by atoms with Crippen LogP contribution in [0.3, 0.4) is 0 Å². The molecule has 0 heterocycles. The molecule has 0 aromatic carbocycles. The molecule has 0 amide bonds. The smallest absolute Gasteiger partial charge is 0.313 e. The molecule has 0 aliphatic heterocycles.